The van der Waals surface area contributed by atoms with Gasteiger partial charge in [-0.15, -0.1) is 11.3 Å². The molecule has 0 radical (unpaired) electrons. The number of carbonyl (C=O) groups is 1. The number of benzene rings is 1. The normalized spacial score (nSPS) is 10.9. The van der Waals surface area contributed by atoms with Gasteiger partial charge in [-0.2, -0.15) is 0 Å². The SMILES string of the molecule is CCN(CC(=O)c1ccccc1Br)Cc1cccs1. The Kier molecular flexibility index (Phi) is 5.31. The molecule has 0 aliphatic rings. The lowest BCUT2D eigenvalue weighted by Gasteiger charge is -2.19. The summed E-state index contributed by atoms with van der Waals surface area (Å²) in [5.74, 6) is 0.158. The molecular weight excluding hydrogens is 322 g/mol. The first-order valence-electron chi connectivity index (χ1n) is 6.23. The largest absolute Gasteiger partial charge is 0.293 e. The van der Waals surface area contributed by atoms with Crippen LogP contribution in [0.25, 0.3) is 0 Å². The van der Waals surface area contributed by atoms with Crippen LogP contribution in [0.2, 0.25) is 0 Å². The van der Waals surface area contributed by atoms with E-state index in [9.17, 15) is 4.79 Å². The van der Waals surface area contributed by atoms with Gasteiger partial charge in [0.25, 0.3) is 0 Å². The van der Waals surface area contributed by atoms with Crippen LogP contribution >= 0.6 is 27.3 Å². The first-order valence-corrected chi connectivity index (χ1v) is 7.90. The number of thiophene rings is 1. The fourth-order valence-corrected chi connectivity index (χ4v) is 3.13. The summed E-state index contributed by atoms with van der Waals surface area (Å²) in [6.07, 6.45) is 0. The van der Waals surface area contributed by atoms with Gasteiger partial charge in [0.1, 0.15) is 0 Å². The lowest BCUT2D eigenvalue weighted by Crippen LogP contribution is -2.29. The molecule has 0 atom stereocenters. The number of halogens is 1. The summed E-state index contributed by atoms with van der Waals surface area (Å²) in [5.41, 5.74) is 0.757. The number of carbonyl (C=O) groups excluding carboxylic acids is 1. The van der Waals surface area contributed by atoms with Gasteiger partial charge in [-0.3, -0.25) is 9.69 Å². The third-order valence-corrected chi connectivity index (χ3v) is 4.50. The third-order valence-electron chi connectivity index (χ3n) is 2.95. The zero-order valence-corrected chi connectivity index (χ0v) is 13.2. The van der Waals surface area contributed by atoms with E-state index in [0.717, 1.165) is 23.1 Å². The Morgan fingerprint density at radius 2 is 2.05 bits per heavy atom. The van der Waals surface area contributed by atoms with Crippen LogP contribution in [-0.2, 0) is 6.54 Å². The van der Waals surface area contributed by atoms with Crippen LogP contribution in [0.3, 0.4) is 0 Å². The molecular formula is C15H16BrNOS. The average Bonchev–Trinajstić information content (AvgIpc) is 2.91. The van der Waals surface area contributed by atoms with Crippen molar-refractivity contribution in [2.24, 2.45) is 0 Å². The number of hydrogen-bond donors (Lipinski definition) is 0. The summed E-state index contributed by atoms with van der Waals surface area (Å²) in [6, 6.07) is 11.7. The molecule has 2 aromatic rings. The van der Waals surface area contributed by atoms with Gasteiger partial charge < -0.3 is 0 Å². The highest BCUT2D eigenvalue weighted by Crippen LogP contribution is 2.18. The van der Waals surface area contributed by atoms with Crippen LogP contribution in [0.15, 0.2) is 46.3 Å². The molecule has 2 nitrogen and oxygen atoms in total. The van der Waals surface area contributed by atoms with E-state index in [1.165, 1.54) is 4.88 Å². The minimum Gasteiger partial charge on any atom is -0.293 e. The van der Waals surface area contributed by atoms with E-state index >= 15 is 0 Å². The van der Waals surface area contributed by atoms with Crippen molar-refractivity contribution in [1.29, 1.82) is 0 Å². The lowest BCUT2D eigenvalue weighted by molar-refractivity contribution is 0.0929. The second-order valence-corrected chi connectivity index (χ2v) is 6.17. The number of likely N-dealkylation sites (N-methyl/N-ethyl adjacent to an activating group) is 1. The highest BCUT2D eigenvalue weighted by molar-refractivity contribution is 9.10. The van der Waals surface area contributed by atoms with E-state index in [-0.39, 0.29) is 5.78 Å². The van der Waals surface area contributed by atoms with Gasteiger partial charge in [0.15, 0.2) is 5.78 Å². The number of Topliss-reactive ketones (excluding diaryl/α,β-unsaturated/α-hetero) is 1. The van der Waals surface area contributed by atoms with Crippen LogP contribution in [0.5, 0.6) is 0 Å². The van der Waals surface area contributed by atoms with Gasteiger partial charge in [0.05, 0.1) is 6.54 Å². The molecule has 0 saturated heterocycles. The standard InChI is InChI=1S/C15H16BrNOS/c1-2-17(10-12-6-5-9-19-12)11-15(18)13-7-3-4-8-14(13)16/h3-9H,2,10-11H2,1H3. The number of rotatable bonds is 6. The molecule has 0 aliphatic carbocycles. The van der Waals surface area contributed by atoms with Crippen molar-refractivity contribution in [2.75, 3.05) is 13.1 Å². The summed E-state index contributed by atoms with van der Waals surface area (Å²) >= 11 is 5.16. The lowest BCUT2D eigenvalue weighted by atomic mass is 10.1. The average molecular weight is 338 g/mol. The van der Waals surface area contributed by atoms with Crippen molar-refractivity contribution in [3.63, 3.8) is 0 Å². The molecule has 19 heavy (non-hydrogen) atoms. The Morgan fingerprint density at radius 1 is 1.26 bits per heavy atom. The molecule has 0 unspecified atom stereocenters. The van der Waals surface area contributed by atoms with Crippen molar-refractivity contribution in [2.45, 2.75) is 13.5 Å². The highest BCUT2D eigenvalue weighted by atomic mass is 79.9. The molecule has 0 fully saturated rings. The molecule has 1 aromatic carbocycles. The first kappa shape index (κ1) is 14.4. The topological polar surface area (TPSA) is 20.3 Å². The second-order valence-electron chi connectivity index (χ2n) is 4.29. The minimum atomic E-state index is 0.158. The van der Waals surface area contributed by atoms with Crippen LogP contribution in [0.1, 0.15) is 22.2 Å². The van der Waals surface area contributed by atoms with Gasteiger partial charge in [0, 0.05) is 21.5 Å². The Morgan fingerprint density at radius 3 is 2.68 bits per heavy atom. The Hall–Kier alpha value is -0.970. The maximum absolute atomic E-state index is 12.3. The zero-order chi connectivity index (χ0) is 13.7. The summed E-state index contributed by atoms with van der Waals surface area (Å²) in [5, 5.41) is 2.07. The monoisotopic (exact) mass is 337 g/mol. The minimum absolute atomic E-state index is 0.158. The Balaban J connectivity index is 2.02. The summed E-state index contributed by atoms with van der Waals surface area (Å²) in [6.45, 7) is 4.25. The molecule has 2 rings (SSSR count). The fraction of sp³-hybridized carbons (Fsp3) is 0.267. The quantitative estimate of drug-likeness (QED) is 0.735. The van der Waals surface area contributed by atoms with E-state index < -0.39 is 0 Å². The molecule has 0 N–H and O–H groups in total. The molecule has 0 amide bonds. The molecule has 4 heteroatoms. The molecule has 0 spiro atoms. The molecule has 0 aliphatic heterocycles. The van der Waals surface area contributed by atoms with Crippen molar-refractivity contribution in [3.05, 3.63) is 56.7 Å². The van der Waals surface area contributed by atoms with Gasteiger partial charge in [-0.1, -0.05) is 47.1 Å². The van der Waals surface area contributed by atoms with Crippen molar-refractivity contribution in [1.82, 2.24) is 4.90 Å². The maximum Gasteiger partial charge on any atom is 0.177 e. The van der Waals surface area contributed by atoms with Crippen molar-refractivity contribution in [3.8, 4) is 0 Å². The smallest absolute Gasteiger partial charge is 0.177 e. The van der Waals surface area contributed by atoms with Crippen LogP contribution in [0, 0.1) is 0 Å². The molecule has 0 bridgehead atoms. The summed E-state index contributed by atoms with van der Waals surface area (Å²) < 4.78 is 0.868. The molecule has 1 aromatic heterocycles. The van der Waals surface area contributed by atoms with Gasteiger partial charge >= 0.3 is 0 Å². The second kappa shape index (κ2) is 6.98. The van der Waals surface area contributed by atoms with E-state index in [1.807, 2.05) is 30.3 Å². The maximum atomic E-state index is 12.3. The molecule has 0 saturated carbocycles. The van der Waals surface area contributed by atoms with Crippen LogP contribution in [0.4, 0.5) is 0 Å². The van der Waals surface area contributed by atoms with Crippen molar-refractivity contribution < 1.29 is 4.79 Å². The predicted molar refractivity (Wildman–Crippen MR) is 83.7 cm³/mol. The third kappa shape index (κ3) is 4.00. The Labute approximate surface area is 126 Å². The number of nitrogens with zero attached hydrogens (tertiary/aromatic N) is 1. The zero-order valence-electron chi connectivity index (χ0n) is 10.8. The van der Waals surface area contributed by atoms with Gasteiger partial charge in [-0.05, 0) is 24.1 Å². The van der Waals surface area contributed by atoms with E-state index in [0.29, 0.717) is 6.54 Å². The summed E-state index contributed by atoms with van der Waals surface area (Å²) in [7, 11) is 0. The van der Waals surface area contributed by atoms with Crippen LogP contribution in [-0.4, -0.2) is 23.8 Å². The highest BCUT2D eigenvalue weighted by Gasteiger charge is 2.14. The van der Waals surface area contributed by atoms with Gasteiger partial charge in [-0.25, -0.2) is 0 Å². The van der Waals surface area contributed by atoms with Crippen molar-refractivity contribution >= 4 is 33.0 Å². The summed E-state index contributed by atoms with van der Waals surface area (Å²) in [4.78, 5) is 15.7. The van der Waals surface area contributed by atoms with E-state index in [2.05, 4.69) is 39.2 Å². The first-order chi connectivity index (χ1) is 9.20. The number of hydrogen-bond acceptors (Lipinski definition) is 3. The number of ketones is 1. The van der Waals surface area contributed by atoms with Crippen LogP contribution < -0.4 is 0 Å². The van der Waals surface area contributed by atoms with E-state index in [4.69, 9.17) is 0 Å². The van der Waals surface area contributed by atoms with E-state index in [1.54, 1.807) is 11.3 Å². The molecule has 100 valence electrons. The fourth-order valence-electron chi connectivity index (χ4n) is 1.88. The Bertz CT molecular complexity index is 539. The predicted octanol–water partition coefficient (Wildman–Crippen LogP) is 4.22. The molecule has 1 heterocycles. The van der Waals surface area contributed by atoms with Gasteiger partial charge in [0.2, 0.25) is 0 Å².